The van der Waals surface area contributed by atoms with Crippen LogP contribution in [0.3, 0.4) is 0 Å². The van der Waals surface area contributed by atoms with E-state index < -0.39 is 5.97 Å². The first-order valence-corrected chi connectivity index (χ1v) is 4.63. The van der Waals surface area contributed by atoms with Gasteiger partial charge in [-0.3, -0.25) is 0 Å². The van der Waals surface area contributed by atoms with Crippen molar-refractivity contribution in [3.05, 3.63) is 29.8 Å². The molecule has 0 heterocycles. The van der Waals surface area contributed by atoms with Crippen LogP contribution in [0.15, 0.2) is 24.3 Å². The lowest BCUT2D eigenvalue weighted by Crippen LogP contribution is -2.09. The molecule has 1 aromatic carbocycles. The number of carbonyl (C=O) groups is 1. The number of hydrogen-bond donors (Lipinski definition) is 1. The van der Waals surface area contributed by atoms with E-state index in [9.17, 15) is 4.79 Å². The Kier molecular flexibility index (Phi) is 3.51. The van der Waals surface area contributed by atoms with Crippen LogP contribution in [0.5, 0.6) is 5.75 Å². The summed E-state index contributed by atoms with van der Waals surface area (Å²) in [5.41, 5.74) is 0.279. The normalized spacial score (nSPS) is 12.1. The molecule has 76 valence electrons. The molecular formula is C11H14O3. The van der Waals surface area contributed by atoms with Gasteiger partial charge in [0.25, 0.3) is 0 Å². The molecule has 0 aliphatic heterocycles. The second kappa shape index (κ2) is 4.65. The largest absolute Gasteiger partial charge is 0.491 e. The van der Waals surface area contributed by atoms with Gasteiger partial charge in [-0.2, -0.15) is 0 Å². The second-order valence-corrected chi connectivity index (χ2v) is 3.17. The van der Waals surface area contributed by atoms with Gasteiger partial charge in [0.15, 0.2) is 0 Å². The topological polar surface area (TPSA) is 46.5 Å². The molecule has 0 spiro atoms. The molecule has 0 aromatic heterocycles. The number of carboxylic acids is 1. The van der Waals surface area contributed by atoms with Gasteiger partial charge in [0, 0.05) is 0 Å². The Morgan fingerprint density at radius 3 is 2.43 bits per heavy atom. The third-order valence-electron chi connectivity index (χ3n) is 2.01. The van der Waals surface area contributed by atoms with Crippen molar-refractivity contribution >= 4 is 5.97 Å². The maximum atomic E-state index is 10.5. The van der Waals surface area contributed by atoms with Crippen molar-refractivity contribution in [2.45, 2.75) is 26.4 Å². The van der Waals surface area contributed by atoms with Crippen LogP contribution in [0.25, 0.3) is 0 Å². The van der Waals surface area contributed by atoms with Crippen LogP contribution in [0.4, 0.5) is 0 Å². The van der Waals surface area contributed by atoms with Gasteiger partial charge in [-0.1, -0.05) is 6.92 Å². The Morgan fingerprint density at radius 2 is 2.00 bits per heavy atom. The van der Waals surface area contributed by atoms with Gasteiger partial charge in [0.05, 0.1) is 11.7 Å². The Labute approximate surface area is 83.3 Å². The highest BCUT2D eigenvalue weighted by molar-refractivity contribution is 5.87. The van der Waals surface area contributed by atoms with Crippen molar-refractivity contribution in [2.75, 3.05) is 0 Å². The highest BCUT2D eigenvalue weighted by Crippen LogP contribution is 2.14. The second-order valence-electron chi connectivity index (χ2n) is 3.17. The zero-order valence-electron chi connectivity index (χ0n) is 8.36. The van der Waals surface area contributed by atoms with E-state index in [2.05, 4.69) is 0 Å². The molecule has 1 rings (SSSR count). The summed E-state index contributed by atoms with van der Waals surface area (Å²) in [7, 11) is 0. The predicted octanol–water partition coefficient (Wildman–Crippen LogP) is 2.56. The average molecular weight is 194 g/mol. The summed E-state index contributed by atoms with van der Waals surface area (Å²) in [5.74, 6) is -0.204. The van der Waals surface area contributed by atoms with Crippen molar-refractivity contribution in [1.29, 1.82) is 0 Å². The van der Waals surface area contributed by atoms with Gasteiger partial charge in [-0.25, -0.2) is 4.79 Å². The summed E-state index contributed by atoms with van der Waals surface area (Å²) in [6, 6.07) is 6.44. The third-order valence-corrected chi connectivity index (χ3v) is 2.01. The quantitative estimate of drug-likeness (QED) is 0.801. The zero-order valence-corrected chi connectivity index (χ0v) is 8.36. The lowest BCUT2D eigenvalue weighted by atomic mass is 10.2. The molecule has 0 amide bonds. The molecule has 0 bridgehead atoms. The smallest absolute Gasteiger partial charge is 0.335 e. The van der Waals surface area contributed by atoms with Crippen molar-refractivity contribution < 1.29 is 14.6 Å². The predicted molar refractivity (Wildman–Crippen MR) is 53.8 cm³/mol. The van der Waals surface area contributed by atoms with E-state index in [1.807, 2.05) is 13.8 Å². The first-order valence-electron chi connectivity index (χ1n) is 4.63. The third kappa shape index (κ3) is 2.76. The lowest BCUT2D eigenvalue weighted by molar-refractivity contribution is 0.0697. The zero-order chi connectivity index (χ0) is 10.6. The molecule has 1 N–H and O–H groups in total. The van der Waals surface area contributed by atoms with Crippen LogP contribution in [-0.4, -0.2) is 17.2 Å². The van der Waals surface area contributed by atoms with E-state index in [0.29, 0.717) is 5.75 Å². The fourth-order valence-corrected chi connectivity index (χ4v) is 0.992. The van der Waals surface area contributed by atoms with Crippen LogP contribution < -0.4 is 4.74 Å². The first-order chi connectivity index (χ1) is 6.63. The van der Waals surface area contributed by atoms with E-state index in [1.165, 1.54) is 0 Å². The first kappa shape index (κ1) is 10.6. The van der Waals surface area contributed by atoms with Crippen LogP contribution in [0.2, 0.25) is 0 Å². The van der Waals surface area contributed by atoms with Gasteiger partial charge >= 0.3 is 5.97 Å². The minimum absolute atomic E-state index is 0.158. The molecule has 1 atom stereocenters. The molecule has 1 aromatic rings. The molecule has 0 radical (unpaired) electrons. The molecular weight excluding hydrogens is 180 g/mol. The fraction of sp³-hybridized carbons (Fsp3) is 0.364. The number of aromatic carboxylic acids is 1. The van der Waals surface area contributed by atoms with Gasteiger partial charge in [0.1, 0.15) is 5.75 Å². The van der Waals surface area contributed by atoms with Crippen LogP contribution in [0.1, 0.15) is 30.6 Å². The molecule has 0 unspecified atom stereocenters. The Bertz CT molecular complexity index is 303. The Balaban J connectivity index is 2.68. The van der Waals surface area contributed by atoms with Crippen molar-refractivity contribution in [3.8, 4) is 5.75 Å². The molecule has 0 fully saturated rings. The lowest BCUT2D eigenvalue weighted by Gasteiger charge is -2.12. The Hall–Kier alpha value is -1.51. The summed E-state index contributed by atoms with van der Waals surface area (Å²) >= 11 is 0. The van der Waals surface area contributed by atoms with Crippen molar-refractivity contribution in [1.82, 2.24) is 0 Å². The van der Waals surface area contributed by atoms with E-state index in [4.69, 9.17) is 9.84 Å². The van der Waals surface area contributed by atoms with Gasteiger partial charge < -0.3 is 9.84 Å². The average Bonchev–Trinajstić information content (AvgIpc) is 2.18. The molecule has 0 aliphatic carbocycles. The molecule has 14 heavy (non-hydrogen) atoms. The van der Waals surface area contributed by atoms with Crippen molar-refractivity contribution in [3.63, 3.8) is 0 Å². The summed E-state index contributed by atoms with van der Waals surface area (Å²) in [5, 5.41) is 8.66. The number of benzene rings is 1. The summed E-state index contributed by atoms with van der Waals surface area (Å²) in [4.78, 5) is 10.5. The summed E-state index contributed by atoms with van der Waals surface area (Å²) in [6.45, 7) is 4.02. The standard InChI is InChI=1S/C11H14O3/c1-3-8(2)14-10-6-4-9(5-7-10)11(12)13/h4-8H,3H2,1-2H3,(H,12,13)/t8-/m0/s1. The number of carboxylic acid groups (broad SMARTS) is 1. The van der Waals surface area contributed by atoms with Gasteiger partial charge in [-0.05, 0) is 37.6 Å². The number of rotatable bonds is 4. The minimum atomic E-state index is -0.917. The molecule has 3 heteroatoms. The van der Waals surface area contributed by atoms with Gasteiger partial charge in [0.2, 0.25) is 0 Å². The number of ether oxygens (including phenoxy) is 1. The molecule has 0 saturated heterocycles. The highest BCUT2D eigenvalue weighted by atomic mass is 16.5. The number of hydrogen-bond acceptors (Lipinski definition) is 2. The van der Waals surface area contributed by atoms with Crippen LogP contribution >= 0.6 is 0 Å². The van der Waals surface area contributed by atoms with E-state index in [0.717, 1.165) is 6.42 Å². The van der Waals surface area contributed by atoms with Gasteiger partial charge in [-0.15, -0.1) is 0 Å². The van der Waals surface area contributed by atoms with Crippen molar-refractivity contribution in [2.24, 2.45) is 0 Å². The summed E-state index contributed by atoms with van der Waals surface area (Å²) < 4.78 is 5.51. The summed E-state index contributed by atoms with van der Waals surface area (Å²) in [6.07, 6.45) is 1.09. The Morgan fingerprint density at radius 1 is 1.43 bits per heavy atom. The van der Waals surface area contributed by atoms with Crippen LogP contribution in [0, 0.1) is 0 Å². The maximum Gasteiger partial charge on any atom is 0.335 e. The molecule has 0 aliphatic rings. The minimum Gasteiger partial charge on any atom is -0.491 e. The molecule has 0 saturated carbocycles. The van der Waals surface area contributed by atoms with E-state index in [-0.39, 0.29) is 11.7 Å². The van der Waals surface area contributed by atoms with E-state index in [1.54, 1.807) is 24.3 Å². The van der Waals surface area contributed by atoms with Crippen LogP contribution in [-0.2, 0) is 0 Å². The highest BCUT2D eigenvalue weighted by Gasteiger charge is 2.04. The van der Waals surface area contributed by atoms with E-state index >= 15 is 0 Å². The monoisotopic (exact) mass is 194 g/mol. The fourth-order valence-electron chi connectivity index (χ4n) is 0.992. The maximum absolute atomic E-state index is 10.5. The molecule has 3 nitrogen and oxygen atoms in total. The SMILES string of the molecule is CC[C@H](C)Oc1ccc(C(=O)O)cc1.